The van der Waals surface area contributed by atoms with Crippen LogP contribution in [-0.2, 0) is 11.3 Å². The zero-order valence-corrected chi connectivity index (χ0v) is 12.8. The fourth-order valence-corrected chi connectivity index (χ4v) is 2.83. The van der Waals surface area contributed by atoms with E-state index in [9.17, 15) is 4.79 Å². The van der Waals surface area contributed by atoms with Crippen molar-refractivity contribution in [3.8, 4) is 5.75 Å². The van der Waals surface area contributed by atoms with Crippen molar-refractivity contribution in [2.75, 3.05) is 6.61 Å². The highest BCUT2D eigenvalue weighted by Gasteiger charge is 2.08. The van der Waals surface area contributed by atoms with E-state index in [1.807, 2.05) is 31.4 Å². The van der Waals surface area contributed by atoms with Gasteiger partial charge < -0.3 is 10.1 Å². The molecule has 106 valence electrons. The van der Waals surface area contributed by atoms with Gasteiger partial charge in [-0.25, -0.2) is 0 Å². The average Bonchev–Trinajstić information content (AvgIpc) is 2.88. The minimum atomic E-state index is -0.0993. The number of hydrogen-bond acceptors (Lipinski definition) is 3. The summed E-state index contributed by atoms with van der Waals surface area (Å²) in [6.07, 6.45) is 0. The Bertz CT molecular complexity index is 568. The first kappa shape index (κ1) is 14.6. The second kappa shape index (κ2) is 6.57. The van der Waals surface area contributed by atoms with Crippen LogP contribution in [0.25, 0.3) is 0 Å². The van der Waals surface area contributed by atoms with Crippen molar-refractivity contribution in [2.24, 2.45) is 0 Å². The smallest absolute Gasteiger partial charge is 0.258 e. The Hall–Kier alpha value is -1.81. The summed E-state index contributed by atoms with van der Waals surface area (Å²) in [5.41, 5.74) is 3.33. The van der Waals surface area contributed by atoms with E-state index < -0.39 is 0 Å². The Balaban J connectivity index is 1.87. The molecular formula is C16H19NO2S. The molecule has 0 saturated heterocycles. The average molecular weight is 289 g/mol. The van der Waals surface area contributed by atoms with E-state index in [1.165, 1.54) is 5.56 Å². The van der Waals surface area contributed by atoms with E-state index >= 15 is 0 Å². The highest BCUT2D eigenvalue weighted by Crippen LogP contribution is 2.24. The fraction of sp³-hybridized carbons (Fsp3) is 0.312. The molecule has 2 rings (SSSR count). The van der Waals surface area contributed by atoms with Crippen LogP contribution in [0.1, 0.15) is 21.6 Å². The molecule has 20 heavy (non-hydrogen) atoms. The van der Waals surface area contributed by atoms with Crippen molar-refractivity contribution in [1.82, 2.24) is 5.32 Å². The van der Waals surface area contributed by atoms with Gasteiger partial charge in [-0.2, -0.15) is 0 Å². The van der Waals surface area contributed by atoms with Gasteiger partial charge in [0, 0.05) is 4.88 Å². The van der Waals surface area contributed by atoms with Crippen LogP contribution in [-0.4, -0.2) is 12.5 Å². The van der Waals surface area contributed by atoms with Crippen LogP contribution in [0.3, 0.4) is 0 Å². The predicted molar refractivity (Wildman–Crippen MR) is 82.3 cm³/mol. The first-order chi connectivity index (χ1) is 9.56. The molecule has 0 atom stereocenters. The molecule has 0 aliphatic heterocycles. The lowest BCUT2D eigenvalue weighted by Crippen LogP contribution is -2.28. The summed E-state index contributed by atoms with van der Waals surface area (Å²) in [6.45, 7) is 6.66. The van der Waals surface area contributed by atoms with E-state index in [0.29, 0.717) is 6.54 Å². The number of amides is 1. The summed E-state index contributed by atoms with van der Waals surface area (Å²) in [4.78, 5) is 12.9. The predicted octanol–water partition coefficient (Wildman–Crippen LogP) is 3.37. The number of rotatable bonds is 5. The summed E-state index contributed by atoms with van der Waals surface area (Å²) in [5.74, 6) is 0.708. The number of aryl methyl sites for hydroxylation is 3. The van der Waals surface area contributed by atoms with Crippen LogP contribution in [0.5, 0.6) is 5.75 Å². The zero-order chi connectivity index (χ0) is 14.5. The molecule has 0 bridgehead atoms. The molecule has 1 aromatic heterocycles. The van der Waals surface area contributed by atoms with Gasteiger partial charge in [-0.15, -0.1) is 11.3 Å². The maximum absolute atomic E-state index is 11.8. The molecule has 1 aromatic carbocycles. The van der Waals surface area contributed by atoms with Crippen molar-refractivity contribution in [2.45, 2.75) is 27.3 Å². The maximum Gasteiger partial charge on any atom is 0.258 e. The minimum absolute atomic E-state index is 0.0517. The lowest BCUT2D eigenvalue weighted by Gasteiger charge is -2.13. The lowest BCUT2D eigenvalue weighted by atomic mass is 10.1. The molecule has 0 unspecified atom stereocenters. The van der Waals surface area contributed by atoms with Crippen molar-refractivity contribution >= 4 is 17.2 Å². The molecule has 0 fully saturated rings. The molecule has 0 radical (unpaired) electrons. The van der Waals surface area contributed by atoms with Crippen molar-refractivity contribution < 1.29 is 9.53 Å². The third-order valence-corrected chi connectivity index (χ3v) is 3.87. The topological polar surface area (TPSA) is 38.3 Å². The van der Waals surface area contributed by atoms with Crippen molar-refractivity contribution in [3.63, 3.8) is 0 Å². The highest BCUT2D eigenvalue weighted by molar-refractivity contribution is 7.09. The van der Waals surface area contributed by atoms with Crippen LogP contribution < -0.4 is 10.1 Å². The van der Waals surface area contributed by atoms with Gasteiger partial charge in [-0.1, -0.05) is 23.8 Å². The summed E-state index contributed by atoms with van der Waals surface area (Å²) in [6, 6.07) is 8.10. The number of ether oxygens (including phenoxy) is 1. The van der Waals surface area contributed by atoms with Gasteiger partial charge in [0.1, 0.15) is 5.75 Å². The molecule has 1 heterocycles. The van der Waals surface area contributed by atoms with Gasteiger partial charge in [-0.3, -0.25) is 4.79 Å². The fourth-order valence-electron chi connectivity index (χ4n) is 2.18. The third-order valence-electron chi connectivity index (χ3n) is 2.99. The van der Waals surface area contributed by atoms with Crippen LogP contribution in [0.2, 0.25) is 0 Å². The molecule has 1 amide bonds. The van der Waals surface area contributed by atoms with Crippen molar-refractivity contribution in [1.29, 1.82) is 0 Å². The number of carbonyl (C=O) groups excluding carboxylic acids is 1. The van der Waals surface area contributed by atoms with Crippen LogP contribution >= 0.6 is 11.3 Å². The first-order valence-corrected chi connectivity index (χ1v) is 7.44. The Labute approximate surface area is 123 Å². The quantitative estimate of drug-likeness (QED) is 0.916. The number of nitrogens with one attached hydrogen (secondary N) is 1. The minimum Gasteiger partial charge on any atom is -0.483 e. The third kappa shape index (κ3) is 3.84. The first-order valence-electron chi connectivity index (χ1n) is 6.56. The van der Waals surface area contributed by atoms with E-state index in [0.717, 1.165) is 21.8 Å². The van der Waals surface area contributed by atoms with Crippen LogP contribution in [0.15, 0.2) is 29.6 Å². The molecule has 3 nitrogen and oxygen atoms in total. The largest absolute Gasteiger partial charge is 0.483 e. The number of hydrogen-bond donors (Lipinski definition) is 1. The van der Waals surface area contributed by atoms with Crippen molar-refractivity contribution in [3.05, 3.63) is 51.2 Å². The molecule has 4 heteroatoms. The Morgan fingerprint density at radius 3 is 2.55 bits per heavy atom. The molecule has 0 aliphatic rings. The maximum atomic E-state index is 11.8. The van der Waals surface area contributed by atoms with Gasteiger partial charge in [0.2, 0.25) is 0 Å². The van der Waals surface area contributed by atoms with E-state index in [2.05, 4.69) is 24.4 Å². The van der Waals surface area contributed by atoms with Gasteiger partial charge in [-0.05, 0) is 43.3 Å². The number of thiophene rings is 1. The second-order valence-corrected chi connectivity index (χ2v) is 5.90. The summed E-state index contributed by atoms with van der Waals surface area (Å²) < 4.78 is 5.65. The van der Waals surface area contributed by atoms with Gasteiger partial charge in [0.25, 0.3) is 5.91 Å². The molecule has 0 saturated carbocycles. The molecular weight excluding hydrogens is 270 g/mol. The SMILES string of the molecule is Cc1cc(C)c(OCC(=O)NCc2cccs2)c(C)c1. The second-order valence-electron chi connectivity index (χ2n) is 4.87. The van der Waals surface area contributed by atoms with E-state index in [4.69, 9.17) is 4.74 Å². The molecule has 2 aromatic rings. The molecule has 1 N–H and O–H groups in total. The van der Waals surface area contributed by atoms with Gasteiger partial charge >= 0.3 is 0 Å². The molecule has 0 aliphatic carbocycles. The standard InChI is InChI=1S/C16H19NO2S/c1-11-7-12(2)16(13(3)8-11)19-10-15(18)17-9-14-5-4-6-20-14/h4-8H,9-10H2,1-3H3,(H,17,18). The number of carbonyl (C=O) groups is 1. The normalized spacial score (nSPS) is 10.3. The monoisotopic (exact) mass is 289 g/mol. The molecule has 0 spiro atoms. The highest BCUT2D eigenvalue weighted by atomic mass is 32.1. The summed E-state index contributed by atoms with van der Waals surface area (Å²) >= 11 is 1.63. The Kier molecular flexibility index (Phi) is 4.79. The van der Waals surface area contributed by atoms with Crippen LogP contribution in [0.4, 0.5) is 0 Å². The number of benzene rings is 1. The van der Waals surface area contributed by atoms with E-state index in [-0.39, 0.29) is 12.5 Å². The van der Waals surface area contributed by atoms with E-state index in [1.54, 1.807) is 11.3 Å². The lowest BCUT2D eigenvalue weighted by molar-refractivity contribution is -0.123. The van der Waals surface area contributed by atoms with Gasteiger partial charge in [0.15, 0.2) is 6.61 Å². The van der Waals surface area contributed by atoms with Crippen LogP contribution in [0, 0.1) is 20.8 Å². The summed E-state index contributed by atoms with van der Waals surface area (Å²) in [7, 11) is 0. The zero-order valence-electron chi connectivity index (χ0n) is 12.0. The Morgan fingerprint density at radius 2 is 1.95 bits per heavy atom. The Morgan fingerprint density at radius 1 is 1.25 bits per heavy atom. The van der Waals surface area contributed by atoms with Gasteiger partial charge in [0.05, 0.1) is 6.54 Å². The summed E-state index contributed by atoms with van der Waals surface area (Å²) in [5, 5.41) is 4.85.